The number of hydrogen-bond acceptors (Lipinski definition) is 7. The second-order valence-electron chi connectivity index (χ2n) is 12.8. The number of rotatable bonds is 12. The number of ketones is 1. The van der Waals surface area contributed by atoms with Crippen LogP contribution in [0, 0.1) is 10.8 Å². The van der Waals surface area contributed by atoms with Crippen LogP contribution in [0.5, 0.6) is 17.2 Å². The predicted octanol–water partition coefficient (Wildman–Crippen LogP) is 8.15. The van der Waals surface area contributed by atoms with E-state index in [1.54, 1.807) is 51.1 Å². The summed E-state index contributed by atoms with van der Waals surface area (Å²) in [6, 6.07) is 8.31. The summed E-state index contributed by atoms with van der Waals surface area (Å²) in [7, 11) is 1.45. The van der Waals surface area contributed by atoms with E-state index in [0.29, 0.717) is 41.2 Å². The lowest BCUT2D eigenvalue weighted by atomic mass is 9.94. The molecule has 0 amide bonds. The molecule has 0 saturated carbocycles. The summed E-state index contributed by atoms with van der Waals surface area (Å²) in [6.07, 6.45) is 4.45. The van der Waals surface area contributed by atoms with Gasteiger partial charge in [-0.2, -0.15) is 0 Å². The Kier molecular flexibility index (Phi) is 12.0. The average molecular weight is 581 g/mol. The normalized spacial score (nSPS) is 12.2. The minimum absolute atomic E-state index is 0.118. The molecule has 7 nitrogen and oxygen atoms in total. The molecule has 0 unspecified atom stereocenters. The summed E-state index contributed by atoms with van der Waals surface area (Å²) in [4.78, 5) is 38.8. The monoisotopic (exact) mass is 580 g/mol. The lowest BCUT2D eigenvalue weighted by Crippen LogP contribution is -2.26. The van der Waals surface area contributed by atoms with Gasteiger partial charge in [-0.15, -0.1) is 0 Å². The van der Waals surface area contributed by atoms with E-state index >= 15 is 0 Å². The van der Waals surface area contributed by atoms with Crippen LogP contribution in [0.2, 0.25) is 0 Å². The first-order valence-electron chi connectivity index (χ1n) is 14.7. The van der Waals surface area contributed by atoms with Gasteiger partial charge in [0.15, 0.2) is 5.76 Å². The van der Waals surface area contributed by atoms with Crippen LogP contribution in [0.1, 0.15) is 109 Å². The molecule has 0 saturated heterocycles. The van der Waals surface area contributed by atoms with E-state index in [-0.39, 0.29) is 29.6 Å². The number of carbonyl (C=O) groups excluding carboxylic acids is 3. The molecule has 42 heavy (non-hydrogen) atoms. The third kappa shape index (κ3) is 9.20. The number of aryl methyl sites for hydroxylation is 1. The SMILES string of the molecule is CCCc1cc(C=C(OC)C(=O)c2ccc(OC(=O)C(C)(C)C)cc2)c(OC(C)C)c(CCC)c1OC(=O)C(C)(C)C. The molecule has 0 N–H and O–H groups in total. The van der Waals surface area contributed by atoms with Gasteiger partial charge in [-0.3, -0.25) is 14.4 Å². The fourth-order valence-corrected chi connectivity index (χ4v) is 4.01. The lowest BCUT2D eigenvalue weighted by Gasteiger charge is -2.25. The molecule has 7 heteroatoms. The van der Waals surface area contributed by atoms with Crippen LogP contribution in [-0.2, 0) is 27.2 Å². The maximum Gasteiger partial charge on any atom is 0.316 e. The van der Waals surface area contributed by atoms with Crippen molar-refractivity contribution in [3.05, 3.63) is 58.3 Å². The summed E-state index contributed by atoms with van der Waals surface area (Å²) in [5, 5.41) is 0. The minimum atomic E-state index is -0.680. The van der Waals surface area contributed by atoms with Gasteiger partial charge in [0.05, 0.1) is 24.0 Å². The van der Waals surface area contributed by atoms with E-state index in [9.17, 15) is 14.4 Å². The average Bonchev–Trinajstić information content (AvgIpc) is 2.89. The molecule has 0 aliphatic rings. The second-order valence-corrected chi connectivity index (χ2v) is 12.8. The number of hydrogen-bond donors (Lipinski definition) is 0. The summed E-state index contributed by atoms with van der Waals surface area (Å²) in [5.74, 6) is 0.564. The van der Waals surface area contributed by atoms with Crippen LogP contribution in [-0.4, -0.2) is 30.9 Å². The van der Waals surface area contributed by atoms with E-state index in [1.165, 1.54) is 7.11 Å². The number of ether oxygens (including phenoxy) is 4. The molecule has 230 valence electrons. The van der Waals surface area contributed by atoms with Crippen LogP contribution < -0.4 is 14.2 Å². The first-order chi connectivity index (χ1) is 19.5. The van der Waals surface area contributed by atoms with Gasteiger partial charge in [-0.25, -0.2) is 0 Å². The first-order valence-corrected chi connectivity index (χ1v) is 14.7. The zero-order chi connectivity index (χ0) is 31.8. The molecule has 0 fully saturated rings. The van der Waals surface area contributed by atoms with Crippen LogP contribution >= 0.6 is 0 Å². The van der Waals surface area contributed by atoms with Gasteiger partial charge in [0.25, 0.3) is 0 Å². The first kappa shape index (κ1) is 34.6. The lowest BCUT2D eigenvalue weighted by molar-refractivity contribution is -0.143. The Balaban J connectivity index is 2.66. The fraction of sp³-hybridized carbons (Fsp3) is 0.514. The molecular formula is C35H48O7. The Morgan fingerprint density at radius 2 is 1.36 bits per heavy atom. The van der Waals surface area contributed by atoms with Gasteiger partial charge in [0.2, 0.25) is 5.78 Å². The number of esters is 2. The van der Waals surface area contributed by atoms with Gasteiger partial charge in [-0.1, -0.05) is 26.7 Å². The highest BCUT2D eigenvalue weighted by atomic mass is 16.5. The zero-order valence-corrected chi connectivity index (χ0v) is 27.2. The molecule has 2 rings (SSSR count). The molecule has 0 bridgehead atoms. The van der Waals surface area contributed by atoms with Crippen LogP contribution in [0.4, 0.5) is 0 Å². The van der Waals surface area contributed by atoms with Gasteiger partial charge >= 0.3 is 11.9 Å². The van der Waals surface area contributed by atoms with Crippen molar-refractivity contribution in [1.29, 1.82) is 0 Å². The largest absolute Gasteiger partial charge is 0.493 e. The number of carbonyl (C=O) groups is 3. The van der Waals surface area contributed by atoms with Gasteiger partial charge in [-0.05, 0) is 110 Å². The fourth-order valence-electron chi connectivity index (χ4n) is 4.01. The van der Waals surface area contributed by atoms with Crippen LogP contribution in [0.3, 0.4) is 0 Å². The molecule has 2 aromatic rings. The van der Waals surface area contributed by atoms with E-state index in [1.807, 2.05) is 40.7 Å². The topological polar surface area (TPSA) is 88.1 Å². The molecule has 0 atom stereocenters. The van der Waals surface area contributed by atoms with Crippen molar-refractivity contribution in [3.63, 3.8) is 0 Å². The number of methoxy groups -OCH3 is 1. The Labute approximate surface area is 251 Å². The Morgan fingerprint density at radius 1 is 0.810 bits per heavy atom. The van der Waals surface area contributed by atoms with Crippen molar-refractivity contribution in [2.45, 2.75) is 101 Å². The quantitative estimate of drug-likeness (QED) is 0.0823. The second kappa shape index (κ2) is 14.5. The van der Waals surface area contributed by atoms with Crippen molar-refractivity contribution in [1.82, 2.24) is 0 Å². The summed E-state index contributed by atoms with van der Waals surface area (Å²) >= 11 is 0. The molecular weight excluding hydrogens is 532 g/mol. The molecule has 0 aliphatic carbocycles. The van der Waals surface area contributed by atoms with Crippen LogP contribution in [0.15, 0.2) is 36.1 Å². The van der Waals surface area contributed by atoms with Crippen LogP contribution in [0.25, 0.3) is 6.08 Å². The number of benzene rings is 2. The molecule has 0 spiro atoms. The van der Waals surface area contributed by atoms with Gasteiger partial charge in [0.1, 0.15) is 17.2 Å². The van der Waals surface area contributed by atoms with E-state index < -0.39 is 10.8 Å². The van der Waals surface area contributed by atoms with E-state index in [4.69, 9.17) is 18.9 Å². The van der Waals surface area contributed by atoms with Crippen molar-refractivity contribution < 1.29 is 33.3 Å². The highest BCUT2D eigenvalue weighted by Crippen LogP contribution is 2.40. The summed E-state index contributed by atoms with van der Waals surface area (Å²) in [5.41, 5.74) is 1.39. The third-order valence-corrected chi connectivity index (χ3v) is 6.28. The summed E-state index contributed by atoms with van der Waals surface area (Å²) < 4.78 is 23.4. The van der Waals surface area contributed by atoms with Crippen molar-refractivity contribution in [3.8, 4) is 17.2 Å². The van der Waals surface area contributed by atoms with Gasteiger partial charge < -0.3 is 18.9 Å². The predicted molar refractivity (Wildman–Crippen MR) is 166 cm³/mol. The number of Topliss-reactive ketones (excluding diaryl/α,β-unsaturated/α-hetero) is 1. The molecule has 0 heterocycles. The minimum Gasteiger partial charge on any atom is -0.493 e. The molecule has 0 radical (unpaired) electrons. The van der Waals surface area contributed by atoms with Crippen molar-refractivity contribution in [2.75, 3.05) is 7.11 Å². The smallest absolute Gasteiger partial charge is 0.316 e. The maximum atomic E-state index is 13.5. The number of allylic oxidation sites excluding steroid dienone is 1. The van der Waals surface area contributed by atoms with Crippen molar-refractivity contribution >= 4 is 23.8 Å². The molecule has 0 aliphatic heterocycles. The molecule has 2 aromatic carbocycles. The Bertz CT molecular complexity index is 1290. The highest BCUT2D eigenvalue weighted by Gasteiger charge is 2.29. The molecule has 0 aromatic heterocycles. The third-order valence-electron chi connectivity index (χ3n) is 6.28. The Morgan fingerprint density at radius 3 is 1.83 bits per heavy atom. The maximum absolute atomic E-state index is 13.5. The van der Waals surface area contributed by atoms with E-state index in [0.717, 1.165) is 24.0 Å². The standard InChI is InChI=1S/C35H48O7/c1-12-14-24-20-25(31(40-22(3)4)27(15-13-2)30(24)42-33(38)35(8,9)10)21-28(39-11)29(36)23-16-18-26(19-17-23)41-32(37)34(5,6)7/h16-22H,12-15H2,1-11H3. The van der Waals surface area contributed by atoms with Gasteiger partial charge in [0, 0.05) is 16.7 Å². The Hall–Kier alpha value is -3.61. The zero-order valence-electron chi connectivity index (χ0n) is 27.2. The van der Waals surface area contributed by atoms with E-state index in [2.05, 4.69) is 13.8 Å². The van der Waals surface area contributed by atoms with Crippen molar-refractivity contribution in [2.24, 2.45) is 10.8 Å². The highest BCUT2D eigenvalue weighted by molar-refractivity contribution is 6.10. The summed E-state index contributed by atoms with van der Waals surface area (Å²) in [6.45, 7) is 18.8.